The van der Waals surface area contributed by atoms with E-state index in [1.54, 1.807) is 12.1 Å². The normalized spacial score (nSPS) is 10.3. The van der Waals surface area contributed by atoms with Gasteiger partial charge >= 0.3 is 0 Å². The van der Waals surface area contributed by atoms with Gasteiger partial charge < -0.3 is 15.2 Å². The Morgan fingerprint density at radius 3 is 2.62 bits per heavy atom. The van der Waals surface area contributed by atoms with Crippen molar-refractivity contribution >= 4 is 11.6 Å². The van der Waals surface area contributed by atoms with E-state index in [0.29, 0.717) is 23.1 Å². The van der Waals surface area contributed by atoms with Crippen molar-refractivity contribution in [2.75, 3.05) is 12.4 Å². The summed E-state index contributed by atoms with van der Waals surface area (Å²) in [6, 6.07) is 7.35. The van der Waals surface area contributed by atoms with Crippen LogP contribution in [0.3, 0.4) is 0 Å². The molecule has 0 aliphatic heterocycles. The molecule has 0 saturated heterocycles. The Balaban J connectivity index is 2.23. The first-order valence-electron chi connectivity index (χ1n) is 6.09. The lowest BCUT2D eigenvalue weighted by atomic mass is 10.1. The van der Waals surface area contributed by atoms with Crippen LogP contribution >= 0.6 is 0 Å². The lowest BCUT2D eigenvalue weighted by Crippen LogP contribution is -2.14. The SMILES string of the molecule is COc1ccc(NC(=O)c2ccc(F)cc2F)cc1CO. The first-order valence-corrected chi connectivity index (χ1v) is 6.09. The van der Waals surface area contributed by atoms with Gasteiger partial charge in [-0.1, -0.05) is 0 Å². The van der Waals surface area contributed by atoms with Crippen molar-refractivity contribution in [3.05, 3.63) is 59.2 Å². The number of anilines is 1. The molecule has 21 heavy (non-hydrogen) atoms. The Hall–Kier alpha value is -2.47. The van der Waals surface area contributed by atoms with Gasteiger partial charge in [-0.3, -0.25) is 4.79 Å². The average Bonchev–Trinajstić information content (AvgIpc) is 2.46. The third-order valence-electron chi connectivity index (χ3n) is 2.88. The molecule has 0 bridgehead atoms. The Kier molecular flexibility index (Phi) is 4.49. The van der Waals surface area contributed by atoms with E-state index >= 15 is 0 Å². The van der Waals surface area contributed by atoms with E-state index < -0.39 is 17.5 Å². The van der Waals surface area contributed by atoms with E-state index in [2.05, 4.69) is 5.32 Å². The Morgan fingerprint density at radius 2 is 2.00 bits per heavy atom. The molecular formula is C15H13F2NO3. The highest BCUT2D eigenvalue weighted by Crippen LogP contribution is 2.23. The molecule has 110 valence electrons. The Bertz CT molecular complexity index is 674. The molecule has 0 heterocycles. The van der Waals surface area contributed by atoms with Gasteiger partial charge in [0.1, 0.15) is 17.4 Å². The fourth-order valence-electron chi connectivity index (χ4n) is 1.85. The predicted octanol–water partition coefficient (Wildman–Crippen LogP) is 2.72. The lowest BCUT2D eigenvalue weighted by molar-refractivity contribution is 0.102. The van der Waals surface area contributed by atoms with Crippen molar-refractivity contribution in [1.82, 2.24) is 0 Å². The molecule has 0 radical (unpaired) electrons. The minimum absolute atomic E-state index is 0.266. The zero-order valence-corrected chi connectivity index (χ0v) is 11.2. The molecule has 0 spiro atoms. The molecule has 2 aromatic rings. The second kappa shape index (κ2) is 6.32. The van der Waals surface area contributed by atoms with E-state index in [-0.39, 0.29) is 12.2 Å². The zero-order valence-electron chi connectivity index (χ0n) is 11.2. The number of carbonyl (C=O) groups excluding carboxylic acids is 1. The highest BCUT2D eigenvalue weighted by molar-refractivity contribution is 6.04. The van der Waals surface area contributed by atoms with Crippen LogP contribution < -0.4 is 10.1 Å². The van der Waals surface area contributed by atoms with Gasteiger partial charge in [0.15, 0.2) is 0 Å². The molecule has 0 unspecified atom stereocenters. The molecular weight excluding hydrogens is 280 g/mol. The number of carbonyl (C=O) groups is 1. The standard InChI is InChI=1S/C15H13F2NO3/c1-21-14-5-3-11(6-9(14)8-19)18-15(20)12-4-2-10(16)7-13(12)17/h2-7,19H,8H2,1H3,(H,18,20). The first-order chi connectivity index (χ1) is 10.0. The largest absolute Gasteiger partial charge is 0.496 e. The van der Waals surface area contributed by atoms with E-state index in [4.69, 9.17) is 4.74 Å². The maximum Gasteiger partial charge on any atom is 0.258 e. The lowest BCUT2D eigenvalue weighted by Gasteiger charge is -2.10. The van der Waals surface area contributed by atoms with Crippen LogP contribution in [0.15, 0.2) is 36.4 Å². The maximum atomic E-state index is 13.5. The number of aliphatic hydroxyl groups is 1. The van der Waals surface area contributed by atoms with Crippen LogP contribution in [0.5, 0.6) is 5.75 Å². The van der Waals surface area contributed by atoms with Gasteiger partial charge in [-0.05, 0) is 30.3 Å². The second-order valence-corrected chi connectivity index (χ2v) is 4.26. The van der Waals surface area contributed by atoms with Crippen molar-refractivity contribution in [3.63, 3.8) is 0 Å². The molecule has 2 N–H and O–H groups in total. The third kappa shape index (κ3) is 3.35. The summed E-state index contributed by atoms with van der Waals surface area (Å²) in [5, 5.41) is 11.7. The number of halogens is 2. The summed E-state index contributed by atoms with van der Waals surface area (Å²) in [7, 11) is 1.46. The number of rotatable bonds is 4. The van der Waals surface area contributed by atoms with Gasteiger partial charge in [-0.15, -0.1) is 0 Å². The van der Waals surface area contributed by atoms with E-state index in [1.807, 2.05) is 0 Å². The number of hydrogen-bond donors (Lipinski definition) is 2. The number of ether oxygens (including phenoxy) is 1. The summed E-state index contributed by atoms with van der Waals surface area (Å²) in [4.78, 5) is 11.9. The first kappa shape index (κ1) is 14.9. The quantitative estimate of drug-likeness (QED) is 0.911. The predicted molar refractivity (Wildman–Crippen MR) is 73.2 cm³/mol. The summed E-state index contributed by atoms with van der Waals surface area (Å²) in [6.07, 6.45) is 0. The maximum absolute atomic E-state index is 13.5. The molecule has 0 saturated carbocycles. The number of benzene rings is 2. The average molecular weight is 293 g/mol. The number of aliphatic hydroxyl groups excluding tert-OH is 1. The van der Waals surface area contributed by atoms with Crippen LogP contribution in [0.25, 0.3) is 0 Å². The van der Waals surface area contributed by atoms with Crippen LogP contribution in [-0.2, 0) is 6.61 Å². The van der Waals surface area contributed by atoms with Crippen molar-refractivity contribution in [2.24, 2.45) is 0 Å². The molecule has 2 aromatic carbocycles. The van der Waals surface area contributed by atoms with Crippen LogP contribution in [-0.4, -0.2) is 18.1 Å². The van der Waals surface area contributed by atoms with Crippen molar-refractivity contribution in [3.8, 4) is 5.75 Å². The zero-order chi connectivity index (χ0) is 15.4. The van der Waals surface area contributed by atoms with Crippen LogP contribution in [0, 0.1) is 11.6 Å². The van der Waals surface area contributed by atoms with Crippen LogP contribution in [0.2, 0.25) is 0 Å². The van der Waals surface area contributed by atoms with Gasteiger partial charge in [-0.2, -0.15) is 0 Å². The topological polar surface area (TPSA) is 58.6 Å². The highest BCUT2D eigenvalue weighted by atomic mass is 19.1. The van der Waals surface area contributed by atoms with E-state index in [0.717, 1.165) is 12.1 Å². The van der Waals surface area contributed by atoms with Gasteiger partial charge in [-0.25, -0.2) is 8.78 Å². The minimum Gasteiger partial charge on any atom is -0.496 e. The molecule has 0 aliphatic carbocycles. The second-order valence-electron chi connectivity index (χ2n) is 4.26. The smallest absolute Gasteiger partial charge is 0.258 e. The molecule has 6 heteroatoms. The summed E-state index contributed by atoms with van der Waals surface area (Å²) in [6.45, 7) is -0.266. The van der Waals surface area contributed by atoms with Crippen LogP contribution in [0.4, 0.5) is 14.5 Å². The van der Waals surface area contributed by atoms with Crippen LogP contribution in [0.1, 0.15) is 15.9 Å². The Morgan fingerprint density at radius 1 is 1.24 bits per heavy atom. The molecule has 0 atom stereocenters. The van der Waals surface area contributed by atoms with Gasteiger partial charge in [0, 0.05) is 17.3 Å². The minimum atomic E-state index is -0.941. The van der Waals surface area contributed by atoms with Crippen molar-refractivity contribution < 1.29 is 23.4 Å². The molecule has 2 rings (SSSR count). The summed E-state index contributed by atoms with van der Waals surface area (Å²) >= 11 is 0. The Labute approximate surface area is 120 Å². The fraction of sp³-hybridized carbons (Fsp3) is 0.133. The third-order valence-corrected chi connectivity index (χ3v) is 2.88. The summed E-state index contributed by atoms with van der Waals surface area (Å²) in [5.41, 5.74) is 0.584. The molecule has 4 nitrogen and oxygen atoms in total. The van der Waals surface area contributed by atoms with Gasteiger partial charge in [0.25, 0.3) is 5.91 Å². The molecule has 0 fully saturated rings. The van der Waals surface area contributed by atoms with Crippen molar-refractivity contribution in [1.29, 1.82) is 0 Å². The number of hydrogen-bond acceptors (Lipinski definition) is 3. The molecule has 0 aromatic heterocycles. The van der Waals surface area contributed by atoms with Gasteiger partial charge in [0.2, 0.25) is 0 Å². The number of amides is 1. The summed E-state index contributed by atoms with van der Waals surface area (Å²) < 4.78 is 31.4. The molecule has 1 amide bonds. The van der Waals surface area contributed by atoms with E-state index in [1.165, 1.54) is 13.2 Å². The summed E-state index contributed by atoms with van der Waals surface area (Å²) in [5.74, 6) is -1.93. The molecule has 0 aliphatic rings. The highest BCUT2D eigenvalue weighted by Gasteiger charge is 2.13. The monoisotopic (exact) mass is 293 g/mol. The van der Waals surface area contributed by atoms with E-state index in [9.17, 15) is 18.7 Å². The fourth-order valence-corrected chi connectivity index (χ4v) is 1.85. The van der Waals surface area contributed by atoms with Gasteiger partial charge in [0.05, 0.1) is 19.3 Å². The van der Waals surface area contributed by atoms with Crippen molar-refractivity contribution in [2.45, 2.75) is 6.61 Å². The number of nitrogens with one attached hydrogen (secondary N) is 1. The number of methoxy groups -OCH3 is 1.